The fraction of sp³-hybridized carbons (Fsp3) is 0.750. The molecule has 0 aliphatic carbocycles. The minimum atomic E-state index is -0.713. The van der Waals surface area contributed by atoms with E-state index in [1.165, 1.54) is 7.11 Å². The number of nitrogens with one attached hydrogen (secondary N) is 1. The highest BCUT2D eigenvalue weighted by molar-refractivity contribution is 5.60. The van der Waals surface area contributed by atoms with Crippen LogP contribution in [0.1, 0.15) is 47.0 Å². The zero-order chi connectivity index (χ0) is 17.1. The molecule has 0 saturated carbocycles. The van der Waals surface area contributed by atoms with Crippen LogP contribution in [0.3, 0.4) is 0 Å². The van der Waals surface area contributed by atoms with Gasteiger partial charge in [0, 0.05) is 12.3 Å². The number of rotatable bonds is 7. The van der Waals surface area contributed by atoms with Gasteiger partial charge in [-0.25, -0.2) is 4.79 Å². The standard InChI is InChI=1S/C12H20O4.C2H7N.C2H6/c1-4-6-10(8-9-13)11(7-5-2)16-12(14)15-3;1-3-2;1-2/h5,7,9-11H,4,6,8H2,1-3H3;3H,1-2H3;1-2H3/b7-5+;;. The highest BCUT2D eigenvalue weighted by Gasteiger charge is 2.22. The van der Waals surface area contributed by atoms with Crippen LogP contribution in [0.5, 0.6) is 0 Å². The van der Waals surface area contributed by atoms with E-state index in [0.29, 0.717) is 6.42 Å². The quantitative estimate of drug-likeness (QED) is 0.442. The molecule has 0 fully saturated rings. The molecular formula is C16H33NO4. The Kier molecular flexibility index (Phi) is 24.6. The summed E-state index contributed by atoms with van der Waals surface area (Å²) in [6, 6.07) is 0. The molecule has 0 aromatic heterocycles. The number of ether oxygens (including phenoxy) is 2. The third-order valence-corrected chi connectivity index (χ3v) is 2.30. The van der Waals surface area contributed by atoms with E-state index in [-0.39, 0.29) is 12.0 Å². The molecule has 0 aliphatic rings. The van der Waals surface area contributed by atoms with Crippen molar-refractivity contribution in [3.8, 4) is 0 Å². The van der Waals surface area contributed by atoms with E-state index < -0.39 is 6.16 Å². The van der Waals surface area contributed by atoms with E-state index in [4.69, 9.17) is 4.74 Å². The lowest BCUT2D eigenvalue weighted by Gasteiger charge is -2.22. The van der Waals surface area contributed by atoms with Crippen molar-refractivity contribution >= 4 is 12.4 Å². The lowest BCUT2D eigenvalue weighted by atomic mass is 9.94. The van der Waals surface area contributed by atoms with E-state index in [1.807, 2.05) is 41.8 Å². The number of hydrogen-bond donors (Lipinski definition) is 1. The van der Waals surface area contributed by atoms with Crippen LogP contribution >= 0.6 is 0 Å². The third kappa shape index (κ3) is 16.6. The van der Waals surface area contributed by atoms with Crippen LogP contribution in [0.4, 0.5) is 4.79 Å². The van der Waals surface area contributed by atoms with Crippen LogP contribution in [0.2, 0.25) is 0 Å². The largest absolute Gasteiger partial charge is 0.508 e. The van der Waals surface area contributed by atoms with Crippen molar-refractivity contribution in [2.75, 3.05) is 21.2 Å². The minimum absolute atomic E-state index is 0.0257. The molecule has 0 aromatic rings. The molecule has 0 bridgehead atoms. The number of methoxy groups -OCH3 is 1. The second-order valence-electron chi connectivity index (χ2n) is 4.01. The van der Waals surface area contributed by atoms with E-state index in [1.54, 1.807) is 12.2 Å². The van der Waals surface area contributed by atoms with Gasteiger partial charge in [-0.15, -0.1) is 0 Å². The van der Waals surface area contributed by atoms with Crippen molar-refractivity contribution in [2.45, 2.75) is 53.1 Å². The van der Waals surface area contributed by atoms with Crippen molar-refractivity contribution in [3.05, 3.63) is 12.2 Å². The summed E-state index contributed by atoms with van der Waals surface area (Å²) in [4.78, 5) is 21.6. The van der Waals surface area contributed by atoms with Crippen LogP contribution in [0.25, 0.3) is 0 Å². The molecule has 21 heavy (non-hydrogen) atoms. The van der Waals surface area contributed by atoms with E-state index >= 15 is 0 Å². The molecule has 0 heterocycles. The summed E-state index contributed by atoms with van der Waals surface area (Å²) in [5.41, 5.74) is 0. The highest BCUT2D eigenvalue weighted by atomic mass is 16.7. The predicted octanol–water partition coefficient (Wildman–Crippen LogP) is 3.58. The topological polar surface area (TPSA) is 64.6 Å². The molecule has 0 aromatic carbocycles. The summed E-state index contributed by atoms with van der Waals surface area (Å²) in [5, 5.41) is 2.75. The van der Waals surface area contributed by atoms with E-state index in [2.05, 4.69) is 10.1 Å². The first-order chi connectivity index (χ1) is 10.1. The molecule has 5 nitrogen and oxygen atoms in total. The Bertz CT molecular complexity index is 255. The Morgan fingerprint density at radius 2 is 1.81 bits per heavy atom. The zero-order valence-electron chi connectivity index (χ0n) is 14.6. The van der Waals surface area contributed by atoms with Gasteiger partial charge in [-0.3, -0.25) is 0 Å². The maximum atomic E-state index is 11.0. The van der Waals surface area contributed by atoms with Crippen molar-refractivity contribution in [2.24, 2.45) is 5.92 Å². The molecule has 126 valence electrons. The Balaban J connectivity index is -0.000000569. The second kappa shape index (κ2) is 20.9. The lowest BCUT2D eigenvalue weighted by molar-refractivity contribution is -0.109. The van der Waals surface area contributed by atoms with Crippen LogP contribution in [-0.4, -0.2) is 39.8 Å². The first-order valence-electron chi connectivity index (χ1n) is 7.50. The molecular weight excluding hydrogens is 270 g/mol. The summed E-state index contributed by atoms with van der Waals surface area (Å²) in [6.45, 7) is 7.88. The first-order valence-corrected chi connectivity index (χ1v) is 7.50. The summed E-state index contributed by atoms with van der Waals surface area (Å²) in [6.07, 6.45) is 5.51. The monoisotopic (exact) mass is 303 g/mol. The molecule has 0 amide bonds. The van der Waals surface area contributed by atoms with Crippen molar-refractivity contribution < 1.29 is 19.1 Å². The number of allylic oxidation sites excluding steroid dienone is 1. The maximum Gasteiger partial charge on any atom is 0.508 e. The average molecular weight is 303 g/mol. The molecule has 1 N–H and O–H groups in total. The first kappa shape index (κ1) is 24.6. The Labute approximate surface area is 130 Å². The number of hydrogen-bond acceptors (Lipinski definition) is 5. The normalized spacial score (nSPS) is 12.1. The third-order valence-electron chi connectivity index (χ3n) is 2.30. The van der Waals surface area contributed by atoms with Crippen molar-refractivity contribution in [1.29, 1.82) is 0 Å². The number of carbonyl (C=O) groups excluding carboxylic acids is 2. The Hall–Kier alpha value is -1.36. The Morgan fingerprint density at radius 3 is 2.14 bits per heavy atom. The fourth-order valence-corrected chi connectivity index (χ4v) is 1.55. The summed E-state index contributed by atoms with van der Waals surface area (Å²) < 4.78 is 9.55. The fourth-order valence-electron chi connectivity index (χ4n) is 1.55. The summed E-state index contributed by atoms with van der Waals surface area (Å²) >= 11 is 0. The van der Waals surface area contributed by atoms with Crippen LogP contribution in [0.15, 0.2) is 12.2 Å². The predicted molar refractivity (Wildman–Crippen MR) is 87.5 cm³/mol. The maximum absolute atomic E-state index is 11.0. The molecule has 0 spiro atoms. The average Bonchev–Trinajstić information content (AvgIpc) is 2.49. The van der Waals surface area contributed by atoms with Crippen LogP contribution in [0, 0.1) is 5.92 Å². The Morgan fingerprint density at radius 1 is 1.29 bits per heavy atom. The van der Waals surface area contributed by atoms with Crippen LogP contribution in [-0.2, 0) is 14.3 Å². The molecule has 5 heteroatoms. The highest BCUT2D eigenvalue weighted by Crippen LogP contribution is 2.19. The molecule has 0 aliphatic heterocycles. The SMILES string of the molecule is C/C=C/C(OC(=O)OC)C(CC=O)CCC.CC.CNC. The zero-order valence-corrected chi connectivity index (χ0v) is 14.6. The van der Waals surface area contributed by atoms with Gasteiger partial charge in [0.1, 0.15) is 12.4 Å². The van der Waals surface area contributed by atoms with Crippen molar-refractivity contribution in [3.63, 3.8) is 0 Å². The van der Waals surface area contributed by atoms with Gasteiger partial charge in [0.05, 0.1) is 7.11 Å². The molecule has 2 unspecified atom stereocenters. The molecule has 0 saturated heterocycles. The molecule has 0 radical (unpaired) electrons. The minimum Gasteiger partial charge on any atom is -0.438 e. The van der Waals surface area contributed by atoms with Crippen LogP contribution < -0.4 is 5.32 Å². The van der Waals surface area contributed by atoms with Gasteiger partial charge >= 0.3 is 6.16 Å². The van der Waals surface area contributed by atoms with Gasteiger partial charge in [-0.05, 0) is 33.5 Å². The number of aldehydes is 1. The number of carbonyl (C=O) groups is 2. The van der Waals surface area contributed by atoms with Gasteiger partial charge < -0.3 is 19.6 Å². The van der Waals surface area contributed by atoms with E-state index in [0.717, 1.165) is 19.1 Å². The molecule has 2 atom stereocenters. The summed E-state index contributed by atoms with van der Waals surface area (Å²) in [7, 11) is 5.02. The van der Waals surface area contributed by atoms with Gasteiger partial charge in [0.15, 0.2) is 0 Å². The van der Waals surface area contributed by atoms with Gasteiger partial charge in [0.25, 0.3) is 0 Å². The smallest absolute Gasteiger partial charge is 0.438 e. The van der Waals surface area contributed by atoms with Gasteiger partial charge in [0.2, 0.25) is 0 Å². The summed E-state index contributed by atoms with van der Waals surface area (Å²) in [5.74, 6) is 0.0257. The lowest BCUT2D eigenvalue weighted by Crippen LogP contribution is -2.25. The van der Waals surface area contributed by atoms with Gasteiger partial charge in [-0.1, -0.05) is 33.3 Å². The second-order valence-corrected chi connectivity index (χ2v) is 4.01. The molecule has 0 rings (SSSR count). The van der Waals surface area contributed by atoms with E-state index in [9.17, 15) is 9.59 Å². The van der Waals surface area contributed by atoms with Crippen molar-refractivity contribution in [1.82, 2.24) is 5.32 Å². The van der Waals surface area contributed by atoms with Gasteiger partial charge in [-0.2, -0.15) is 0 Å².